The molecule has 0 saturated carbocycles. The van der Waals surface area contributed by atoms with E-state index >= 15 is 0 Å². The van der Waals surface area contributed by atoms with E-state index in [-0.39, 0.29) is 36.3 Å². The van der Waals surface area contributed by atoms with E-state index in [1.165, 1.54) is 14.2 Å². The Morgan fingerprint density at radius 1 is 0.875 bits per heavy atom. The number of rotatable bonds is 8. The average molecular weight is 542 g/mol. The molecule has 0 N–H and O–H groups in total. The Kier molecular flexibility index (Phi) is 7.13. The van der Waals surface area contributed by atoms with Crippen LogP contribution in [0.1, 0.15) is 44.7 Å². The summed E-state index contributed by atoms with van der Waals surface area (Å²) in [5, 5.41) is 0.288. The van der Waals surface area contributed by atoms with Crippen molar-refractivity contribution in [3.8, 4) is 28.6 Å². The Labute approximate surface area is 229 Å². The molecule has 0 atom stereocenters. The normalized spacial score (nSPS) is 12.6. The smallest absolute Gasteiger partial charge is 0.311 e. The van der Waals surface area contributed by atoms with Crippen LogP contribution in [0.4, 0.5) is 0 Å². The second-order valence-electron chi connectivity index (χ2n) is 9.50. The number of carbonyl (C=O) groups is 3. The molecule has 2 heterocycles. The molecule has 9 nitrogen and oxygen atoms in total. The van der Waals surface area contributed by atoms with Gasteiger partial charge in [0, 0.05) is 18.5 Å². The van der Waals surface area contributed by atoms with Gasteiger partial charge in [-0.2, -0.15) is 0 Å². The van der Waals surface area contributed by atoms with Gasteiger partial charge in [0.2, 0.25) is 11.2 Å². The first-order valence-electron chi connectivity index (χ1n) is 12.7. The minimum atomic E-state index is -0.700. The van der Waals surface area contributed by atoms with Crippen LogP contribution in [0.3, 0.4) is 0 Å². The summed E-state index contributed by atoms with van der Waals surface area (Å²) in [7, 11) is 3.00. The van der Waals surface area contributed by atoms with Crippen molar-refractivity contribution in [2.75, 3.05) is 20.8 Å². The van der Waals surface area contributed by atoms with E-state index < -0.39 is 23.2 Å². The Morgan fingerprint density at radius 2 is 1.55 bits per heavy atom. The molecule has 4 aromatic rings. The molecule has 0 aliphatic carbocycles. The first-order valence-corrected chi connectivity index (χ1v) is 12.7. The molecule has 5 rings (SSSR count). The van der Waals surface area contributed by atoms with E-state index in [1.54, 1.807) is 48.5 Å². The van der Waals surface area contributed by atoms with Gasteiger partial charge in [-0.25, -0.2) is 0 Å². The second-order valence-corrected chi connectivity index (χ2v) is 9.50. The monoisotopic (exact) mass is 541 g/mol. The van der Waals surface area contributed by atoms with Crippen LogP contribution in [0.5, 0.6) is 17.2 Å². The number of carbonyl (C=O) groups excluding carboxylic acids is 3. The summed E-state index contributed by atoms with van der Waals surface area (Å²) in [6.07, 6.45) is 0.0240. The van der Waals surface area contributed by atoms with Crippen molar-refractivity contribution in [3.63, 3.8) is 0 Å². The summed E-state index contributed by atoms with van der Waals surface area (Å²) in [5.41, 5.74) is 2.63. The largest absolute Gasteiger partial charge is 0.493 e. The van der Waals surface area contributed by atoms with Gasteiger partial charge < -0.3 is 18.6 Å². The third-order valence-electron chi connectivity index (χ3n) is 6.78. The van der Waals surface area contributed by atoms with Crippen LogP contribution in [-0.4, -0.2) is 43.4 Å². The van der Waals surface area contributed by atoms with E-state index in [0.29, 0.717) is 33.8 Å². The maximum atomic E-state index is 13.6. The van der Waals surface area contributed by atoms with Crippen molar-refractivity contribution in [3.05, 3.63) is 87.1 Å². The quantitative estimate of drug-likeness (QED) is 0.224. The van der Waals surface area contributed by atoms with Gasteiger partial charge in [0.1, 0.15) is 5.58 Å². The summed E-state index contributed by atoms with van der Waals surface area (Å²) in [5.74, 6) is -0.797. The Balaban J connectivity index is 1.44. The number of amides is 2. The fourth-order valence-corrected chi connectivity index (χ4v) is 4.88. The number of esters is 1. The van der Waals surface area contributed by atoms with Crippen molar-refractivity contribution in [2.45, 2.75) is 26.7 Å². The number of ether oxygens (including phenoxy) is 3. The van der Waals surface area contributed by atoms with Gasteiger partial charge in [-0.05, 0) is 67.8 Å². The van der Waals surface area contributed by atoms with Gasteiger partial charge in [0.05, 0.1) is 30.7 Å². The van der Waals surface area contributed by atoms with Crippen LogP contribution in [0.2, 0.25) is 0 Å². The molecule has 2 amide bonds. The Bertz CT molecular complexity index is 1700. The summed E-state index contributed by atoms with van der Waals surface area (Å²) in [6.45, 7) is 3.73. The first kappa shape index (κ1) is 26.7. The predicted octanol–water partition coefficient (Wildman–Crippen LogP) is 5.08. The van der Waals surface area contributed by atoms with Crippen LogP contribution in [0.15, 0.2) is 63.8 Å². The molecular weight excluding hydrogens is 514 g/mol. The lowest BCUT2D eigenvalue weighted by Gasteiger charge is -2.15. The fraction of sp³-hybridized carbons (Fsp3) is 0.226. The fourth-order valence-electron chi connectivity index (χ4n) is 4.88. The minimum absolute atomic E-state index is 0.0364. The second kappa shape index (κ2) is 10.7. The van der Waals surface area contributed by atoms with Crippen molar-refractivity contribution < 1.29 is 33.0 Å². The lowest BCUT2D eigenvalue weighted by Crippen LogP contribution is -2.31. The van der Waals surface area contributed by atoms with Crippen molar-refractivity contribution in [1.82, 2.24) is 4.90 Å². The molecule has 9 heteroatoms. The van der Waals surface area contributed by atoms with E-state index in [1.807, 2.05) is 19.9 Å². The molecule has 0 bridgehead atoms. The topological polar surface area (TPSA) is 112 Å². The molecular formula is C31H27NO8. The molecule has 0 fully saturated rings. The van der Waals surface area contributed by atoms with Crippen LogP contribution in [-0.2, 0) is 4.79 Å². The Morgan fingerprint density at radius 3 is 2.20 bits per heavy atom. The highest BCUT2D eigenvalue weighted by Gasteiger charge is 2.34. The summed E-state index contributed by atoms with van der Waals surface area (Å²) in [6, 6.07) is 15.1. The molecule has 1 aromatic heterocycles. The van der Waals surface area contributed by atoms with Gasteiger partial charge in [-0.3, -0.25) is 24.1 Å². The molecule has 204 valence electrons. The lowest BCUT2D eigenvalue weighted by molar-refractivity contribution is -0.134. The van der Waals surface area contributed by atoms with E-state index in [4.69, 9.17) is 18.6 Å². The van der Waals surface area contributed by atoms with Crippen molar-refractivity contribution in [2.24, 2.45) is 0 Å². The summed E-state index contributed by atoms with van der Waals surface area (Å²) < 4.78 is 22.5. The van der Waals surface area contributed by atoms with Gasteiger partial charge in [-0.1, -0.05) is 18.2 Å². The number of hydrogen-bond donors (Lipinski definition) is 0. The molecule has 3 aromatic carbocycles. The highest BCUT2D eigenvalue weighted by molar-refractivity contribution is 6.21. The molecule has 0 unspecified atom stereocenters. The number of aryl methyl sites for hydroxylation is 2. The molecule has 0 radical (unpaired) electrons. The zero-order valence-corrected chi connectivity index (χ0v) is 22.5. The van der Waals surface area contributed by atoms with Crippen molar-refractivity contribution >= 4 is 28.8 Å². The van der Waals surface area contributed by atoms with Gasteiger partial charge >= 0.3 is 5.97 Å². The highest BCUT2D eigenvalue weighted by atomic mass is 16.5. The highest BCUT2D eigenvalue weighted by Crippen LogP contribution is 2.37. The predicted molar refractivity (Wildman–Crippen MR) is 147 cm³/mol. The van der Waals surface area contributed by atoms with Crippen LogP contribution < -0.4 is 19.6 Å². The third-order valence-corrected chi connectivity index (χ3v) is 6.78. The lowest BCUT2D eigenvalue weighted by atomic mass is 10.0. The maximum Gasteiger partial charge on any atom is 0.311 e. The number of imide groups is 1. The number of methoxy groups -OCH3 is 2. The van der Waals surface area contributed by atoms with E-state index in [2.05, 4.69) is 0 Å². The summed E-state index contributed by atoms with van der Waals surface area (Å²) >= 11 is 0. The molecule has 40 heavy (non-hydrogen) atoms. The van der Waals surface area contributed by atoms with Crippen LogP contribution in [0.25, 0.3) is 22.3 Å². The minimum Gasteiger partial charge on any atom is -0.493 e. The maximum absolute atomic E-state index is 13.6. The van der Waals surface area contributed by atoms with Crippen LogP contribution in [0, 0.1) is 13.8 Å². The molecule has 0 saturated heterocycles. The number of nitrogens with zero attached hydrogens (tertiary/aromatic N) is 1. The average Bonchev–Trinajstić information content (AvgIpc) is 3.19. The van der Waals surface area contributed by atoms with Gasteiger partial charge in [0.25, 0.3) is 11.8 Å². The van der Waals surface area contributed by atoms with Gasteiger partial charge in [-0.15, -0.1) is 0 Å². The molecule has 1 aliphatic heterocycles. The van der Waals surface area contributed by atoms with Crippen molar-refractivity contribution in [1.29, 1.82) is 0 Å². The van der Waals surface area contributed by atoms with Gasteiger partial charge in [0.15, 0.2) is 17.3 Å². The zero-order chi connectivity index (χ0) is 28.6. The van der Waals surface area contributed by atoms with E-state index in [9.17, 15) is 19.2 Å². The Hall–Kier alpha value is -4.92. The first-order chi connectivity index (χ1) is 19.2. The number of fused-ring (bicyclic) bond motifs is 2. The number of benzene rings is 3. The zero-order valence-electron chi connectivity index (χ0n) is 22.5. The molecule has 1 aliphatic rings. The third kappa shape index (κ3) is 4.70. The van der Waals surface area contributed by atoms with Crippen LogP contribution >= 0.6 is 0 Å². The summed E-state index contributed by atoms with van der Waals surface area (Å²) in [4.78, 5) is 52.9. The molecule has 0 spiro atoms. The number of hydrogen-bond acceptors (Lipinski definition) is 8. The standard InChI is InChI=1S/C31H27NO8/c1-17-14-18(2)27-22(15-17)26(34)29(28(40-27)19-11-12-23(37-3)24(16-19)38-4)39-25(33)10-7-13-32-30(35)20-8-5-6-9-21(20)31(32)36/h5-6,8-9,11-12,14-16H,7,10,13H2,1-4H3. The SMILES string of the molecule is COc1ccc(-c2oc3c(C)cc(C)cc3c(=O)c2OC(=O)CCCN2C(=O)c3ccccc3C2=O)cc1OC. The van der Waals surface area contributed by atoms with E-state index in [0.717, 1.165) is 16.0 Å².